The normalized spacial score (nSPS) is 17.9. The van der Waals surface area contributed by atoms with Gasteiger partial charge in [0.15, 0.2) is 0 Å². The molecule has 0 amide bonds. The molecule has 0 aromatic carbocycles. The van der Waals surface area contributed by atoms with Crippen LogP contribution in [0.4, 0.5) is 0 Å². The molecule has 8 heteroatoms. The lowest BCUT2D eigenvalue weighted by atomic mass is 10.2. The van der Waals surface area contributed by atoms with Crippen LogP contribution in [0, 0.1) is 0 Å². The molecule has 0 atom stereocenters. The number of carbonyl (C=O) groups excluding carboxylic acids is 2. The molecule has 1 aliphatic rings. The zero-order valence-electron chi connectivity index (χ0n) is 13.1. The summed E-state index contributed by atoms with van der Waals surface area (Å²) in [5, 5.41) is 27.4. The van der Waals surface area contributed by atoms with Gasteiger partial charge in [0, 0.05) is 33.0 Å². The van der Waals surface area contributed by atoms with Crippen LogP contribution in [0.25, 0.3) is 0 Å². The number of rotatable bonds is 7. The molecule has 1 saturated heterocycles. The zero-order chi connectivity index (χ0) is 17.5. The van der Waals surface area contributed by atoms with Gasteiger partial charge in [-0.05, 0) is 18.4 Å². The van der Waals surface area contributed by atoms with E-state index in [0.29, 0.717) is 13.1 Å². The van der Waals surface area contributed by atoms with Crippen molar-refractivity contribution in [2.75, 3.05) is 26.3 Å². The minimum absolute atomic E-state index is 0.0858. The summed E-state index contributed by atoms with van der Waals surface area (Å²) in [6.45, 7) is 3.32. The van der Waals surface area contributed by atoms with Crippen molar-refractivity contribution in [3.8, 4) is 0 Å². The quantitative estimate of drug-likeness (QED) is 0.197. The van der Waals surface area contributed by atoms with Gasteiger partial charge in [0.2, 0.25) is 0 Å². The van der Waals surface area contributed by atoms with Gasteiger partial charge in [-0.15, -0.1) is 0 Å². The van der Waals surface area contributed by atoms with Gasteiger partial charge in [0.25, 0.3) is 5.79 Å². The minimum Gasteiger partial charge on any atom is -0.508 e. The predicted octanol–water partition coefficient (Wildman–Crippen LogP) is -0.00890. The van der Waals surface area contributed by atoms with Crippen LogP contribution in [0.3, 0.4) is 0 Å². The molecule has 0 aromatic rings. The third kappa shape index (κ3) is 6.13. The Hall–Kier alpha value is -2.32. The van der Waals surface area contributed by atoms with Crippen LogP contribution >= 0.6 is 0 Å². The molecule has 8 nitrogen and oxygen atoms in total. The molecule has 1 fully saturated rings. The summed E-state index contributed by atoms with van der Waals surface area (Å²) in [6.07, 6.45) is 5.19. The summed E-state index contributed by atoms with van der Waals surface area (Å²) in [4.78, 5) is 25.0. The Labute approximate surface area is 133 Å². The van der Waals surface area contributed by atoms with E-state index in [1.54, 1.807) is 11.1 Å². The average molecular weight is 327 g/mol. The fraction of sp³-hybridized carbons (Fsp3) is 0.467. The molecule has 0 unspecified atom stereocenters. The highest BCUT2D eigenvalue weighted by Gasteiger charge is 2.38. The minimum atomic E-state index is -1.33. The summed E-state index contributed by atoms with van der Waals surface area (Å²) in [5.74, 6) is -3.44. The smallest absolute Gasteiger partial charge is 0.348 e. The monoisotopic (exact) mass is 327 g/mol. The van der Waals surface area contributed by atoms with Crippen LogP contribution in [-0.4, -0.2) is 64.2 Å². The fourth-order valence-corrected chi connectivity index (χ4v) is 1.76. The first kappa shape index (κ1) is 18.7. The molecular weight excluding hydrogens is 306 g/mol. The Balaban J connectivity index is 2.78. The Morgan fingerprint density at radius 2 is 1.65 bits per heavy atom. The molecule has 23 heavy (non-hydrogen) atoms. The number of ether oxygens (including phenoxy) is 2. The van der Waals surface area contributed by atoms with E-state index in [4.69, 9.17) is 19.7 Å². The molecule has 1 aliphatic heterocycles. The van der Waals surface area contributed by atoms with E-state index in [2.05, 4.69) is 0 Å². The summed E-state index contributed by atoms with van der Waals surface area (Å²) in [6, 6.07) is 0. The van der Waals surface area contributed by atoms with Gasteiger partial charge >= 0.3 is 11.9 Å². The van der Waals surface area contributed by atoms with E-state index in [-0.39, 0.29) is 19.0 Å². The fourth-order valence-electron chi connectivity index (χ4n) is 1.76. The molecule has 0 aliphatic carbocycles. The van der Waals surface area contributed by atoms with Crippen LogP contribution < -0.4 is 0 Å². The van der Waals surface area contributed by atoms with Gasteiger partial charge in [-0.1, -0.05) is 0 Å². The maximum absolute atomic E-state index is 11.7. The highest BCUT2D eigenvalue weighted by molar-refractivity contribution is 6.15. The predicted molar refractivity (Wildman–Crippen MR) is 79.9 cm³/mol. The van der Waals surface area contributed by atoms with Gasteiger partial charge in [0.05, 0.1) is 13.2 Å². The van der Waals surface area contributed by atoms with E-state index >= 15 is 0 Å². The van der Waals surface area contributed by atoms with E-state index < -0.39 is 23.3 Å². The summed E-state index contributed by atoms with van der Waals surface area (Å²) < 4.78 is 9.79. The topological polar surface area (TPSA) is 117 Å². The second kappa shape index (κ2) is 8.35. The molecule has 0 spiro atoms. The van der Waals surface area contributed by atoms with Gasteiger partial charge < -0.3 is 29.7 Å². The Bertz CT molecular complexity index is 506. The lowest BCUT2D eigenvalue weighted by Crippen LogP contribution is -2.41. The first-order valence-electron chi connectivity index (χ1n) is 7.00. The summed E-state index contributed by atoms with van der Waals surface area (Å²) in [7, 11) is 0. The number of hydrogen-bond donors (Lipinski definition) is 3. The number of aliphatic hydroxyl groups is 3. The van der Waals surface area contributed by atoms with Crippen molar-refractivity contribution in [1.29, 1.82) is 0 Å². The van der Waals surface area contributed by atoms with Gasteiger partial charge in [-0.2, -0.15) is 0 Å². The number of carbonyl (C=O) groups is 2. The number of hydrogen-bond acceptors (Lipinski definition) is 8. The Morgan fingerprint density at radius 3 is 2.13 bits per heavy atom. The van der Waals surface area contributed by atoms with Crippen molar-refractivity contribution in [1.82, 2.24) is 4.90 Å². The SMILES string of the molecule is CC1(C)OC(=O)C(=C/C(O)=C/C=C/N(CCO)CCO)C(=O)O1. The highest BCUT2D eigenvalue weighted by atomic mass is 16.7. The van der Waals surface area contributed by atoms with Gasteiger partial charge in [-0.3, -0.25) is 0 Å². The standard InChI is InChI=1S/C15H21NO7/c1-15(2)22-13(20)12(14(21)23-15)10-11(19)4-3-5-16(6-8-17)7-9-18/h3-5,10,17-19H,6-9H2,1-2H3/b5-3+,11-4-. The zero-order valence-corrected chi connectivity index (χ0v) is 13.1. The van der Waals surface area contributed by atoms with Crippen molar-refractivity contribution in [2.45, 2.75) is 19.6 Å². The molecule has 3 N–H and O–H groups in total. The van der Waals surface area contributed by atoms with Crippen LogP contribution in [0.5, 0.6) is 0 Å². The largest absolute Gasteiger partial charge is 0.508 e. The van der Waals surface area contributed by atoms with Gasteiger partial charge in [-0.25, -0.2) is 9.59 Å². The average Bonchev–Trinajstić information content (AvgIpc) is 2.42. The molecule has 0 radical (unpaired) electrons. The van der Waals surface area contributed by atoms with Crippen LogP contribution in [0.1, 0.15) is 13.8 Å². The molecule has 0 aromatic heterocycles. The maximum Gasteiger partial charge on any atom is 0.348 e. The van der Waals surface area contributed by atoms with Crippen molar-refractivity contribution < 1.29 is 34.4 Å². The van der Waals surface area contributed by atoms with E-state index in [0.717, 1.165) is 6.08 Å². The summed E-state index contributed by atoms with van der Waals surface area (Å²) in [5.41, 5.74) is -0.408. The van der Waals surface area contributed by atoms with Crippen molar-refractivity contribution >= 4 is 11.9 Å². The maximum atomic E-state index is 11.7. The molecule has 1 heterocycles. The van der Waals surface area contributed by atoms with Crippen LogP contribution in [-0.2, 0) is 19.1 Å². The van der Waals surface area contributed by atoms with Crippen LogP contribution in [0.15, 0.2) is 35.8 Å². The van der Waals surface area contributed by atoms with Crippen molar-refractivity contribution in [3.05, 3.63) is 35.8 Å². The molecule has 0 saturated carbocycles. The Morgan fingerprint density at radius 1 is 1.13 bits per heavy atom. The number of cyclic esters (lactones) is 2. The number of nitrogens with zero attached hydrogens (tertiary/aromatic N) is 1. The van der Waals surface area contributed by atoms with Crippen molar-refractivity contribution in [3.63, 3.8) is 0 Å². The third-order valence-electron chi connectivity index (χ3n) is 2.75. The molecule has 128 valence electrons. The molecule has 1 rings (SSSR count). The lowest BCUT2D eigenvalue weighted by molar-refractivity contribution is -0.222. The second-order valence-electron chi connectivity index (χ2n) is 5.15. The molecular formula is C15H21NO7. The van der Waals surface area contributed by atoms with Gasteiger partial charge in [0.1, 0.15) is 11.3 Å². The first-order chi connectivity index (χ1) is 10.8. The number of esters is 2. The summed E-state index contributed by atoms with van der Waals surface area (Å²) >= 11 is 0. The Kier molecular flexibility index (Phi) is 6.80. The van der Waals surface area contributed by atoms with E-state index in [1.165, 1.54) is 26.0 Å². The number of allylic oxidation sites excluding steroid dienone is 3. The first-order valence-corrected chi connectivity index (χ1v) is 7.00. The van der Waals surface area contributed by atoms with E-state index in [9.17, 15) is 14.7 Å². The lowest BCUT2D eigenvalue weighted by Gasteiger charge is -2.29. The second-order valence-corrected chi connectivity index (χ2v) is 5.15. The van der Waals surface area contributed by atoms with Crippen molar-refractivity contribution in [2.24, 2.45) is 0 Å². The highest BCUT2D eigenvalue weighted by Crippen LogP contribution is 2.23. The molecule has 0 bridgehead atoms. The van der Waals surface area contributed by atoms with Crippen LogP contribution in [0.2, 0.25) is 0 Å². The third-order valence-corrected chi connectivity index (χ3v) is 2.75. The number of aliphatic hydroxyl groups excluding tert-OH is 3. The van der Waals surface area contributed by atoms with E-state index in [1.807, 2.05) is 0 Å².